The first kappa shape index (κ1) is 18.3. The van der Waals surface area contributed by atoms with Crippen LogP contribution in [0.25, 0.3) is 10.9 Å². The summed E-state index contributed by atoms with van der Waals surface area (Å²) in [5, 5.41) is 16.0. The van der Waals surface area contributed by atoms with Gasteiger partial charge in [0.2, 0.25) is 5.88 Å². The number of hydrogen-bond acceptors (Lipinski definition) is 4. The molecule has 0 bridgehead atoms. The van der Waals surface area contributed by atoms with Crippen LogP contribution in [0.1, 0.15) is 49.2 Å². The second kappa shape index (κ2) is 6.82. The van der Waals surface area contributed by atoms with E-state index in [4.69, 9.17) is 23.8 Å². The Hall–Kier alpha value is -2.09. The predicted molar refractivity (Wildman–Crippen MR) is 109 cm³/mol. The fourth-order valence-electron chi connectivity index (χ4n) is 3.85. The molecular formula is C19H21ClN4O2S. The topological polar surface area (TPSA) is 85.8 Å². The van der Waals surface area contributed by atoms with Gasteiger partial charge in [-0.15, -0.1) is 0 Å². The zero-order valence-corrected chi connectivity index (χ0v) is 16.7. The van der Waals surface area contributed by atoms with Gasteiger partial charge in [0.05, 0.1) is 6.04 Å². The molecule has 6 nitrogen and oxygen atoms in total. The summed E-state index contributed by atoms with van der Waals surface area (Å²) in [7, 11) is 0. The Labute approximate surface area is 166 Å². The molecule has 3 heterocycles. The maximum absolute atomic E-state index is 12.7. The Balaban J connectivity index is 1.96. The van der Waals surface area contributed by atoms with Gasteiger partial charge < -0.3 is 15.4 Å². The molecule has 0 aliphatic carbocycles. The van der Waals surface area contributed by atoms with Crippen molar-refractivity contribution in [3.63, 3.8) is 0 Å². The first-order chi connectivity index (χ1) is 12.9. The molecule has 0 amide bonds. The van der Waals surface area contributed by atoms with E-state index >= 15 is 0 Å². The fraction of sp³-hybridized carbons (Fsp3) is 0.368. The molecule has 2 atom stereocenters. The van der Waals surface area contributed by atoms with Gasteiger partial charge in [-0.05, 0) is 55.7 Å². The van der Waals surface area contributed by atoms with Gasteiger partial charge in [0.1, 0.15) is 5.56 Å². The molecule has 0 fully saturated rings. The van der Waals surface area contributed by atoms with Gasteiger partial charge in [-0.3, -0.25) is 14.3 Å². The third kappa shape index (κ3) is 2.90. The Bertz CT molecular complexity index is 1150. The van der Waals surface area contributed by atoms with E-state index in [1.165, 1.54) is 0 Å². The number of rotatable bonds is 3. The molecule has 0 spiro atoms. The van der Waals surface area contributed by atoms with Crippen molar-refractivity contribution in [2.24, 2.45) is 0 Å². The molecule has 4 N–H and O–H groups in total. The molecule has 1 aliphatic rings. The van der Waals surface area contributed by atoms with Crippen molar-refractivity contribution in [3.8, 4) is 5.88 Å². The van der Waals surface area contributed by atoms with Gasteiger partial charge in [0.25, 0.3) is 5.56 Å². The lowest BCUT2D eigenvalue weighted by Crippen LogP contribution is -2.35. The molecule has 1 aliphatic heterocycles. The maximum atomic E-state index is 12.7. The smallest absolute Gasteiger partial charge is 0.260 e. The van der Waals surface area contributed by atoms with Crippen LogP contribution in [0.5, 0.6) is 5.88 Å². The molecule has 8 heteroatoms. The monoisotopic (exact) mass is 404 g/mol. The fourth-order valence-corrected chi connectivity index (χ4v) is 4.38. The van der Waals surface area contributed by atoms with E-state index in [2.05, 4.69) is 15.3 Å². The molecule has 0 radical (unpaired) electrons. The van der Waals surface area contributed by atoms with E-state index in [1.54, 1.807) is 4.57 Å². The lowest BCUT2D eigenvalue weighted by molar-refractivity contribution is 0.358. The van der Waals surface area contributed by atoms with Crippen molar-refractivity contribution in [3.05, 3.63) is 55.2 Å². The number of aromatic nitrogens is 3. The van der Waals surface area contributed by atoms with Crippen LogP contribution in [0, 0.1) is 4.77 Å². The van der Waals surface area contributed by atoms with Crippen LogP contribution in [0.2, 0.25) is 5.02 Å². The summed E-state index contributed by atoms with van der Waals surface area (Å²) >= 11 is 11.5. The Morgan fingerprint density at radius 3 is 2.93 bits per heavy atom. The van der Waals surface area contributed by atoms with Gasteiger partial charge in [0.15, 0.2) is 4.77 Å². The molecule has 142 valence electrons. The summed E-state index contributed by atoms with van der Waals surface area (Å²) in [6, 6.07) is 5.22. The van der Waals surface area contributed by atoms with Gasteiger partial charge in [-0.25, -0.2) is 0 Å². The van der Waals surface area contributed by atoms with Gasteiger partial charge in [-0.1, -0.05) is 18.5 Å². The zero-order chi connectivity index (χ0) is 19.3. The molecule has 4 rings (SSSR count). The summed E-state index contributed by atoms with van der Waals surface area (Å²) in [5.74, 6) is -0.0832. The van der Waals surface area contributed by atoms with Crippen molar-refractivity contribution < 1.29 is 5.11 Å². The van der Waals surface area contributed by atoms with Gasteiger partial charge in [-0.2, -0.15) is 0 Å². The third-order valence-corrected chi connectivity index (χ3v) is 5.92. The number of H-pyrrole nitrogens is 2. The summed E-state index contributed by atoms with van der Waals surface area (Å²) in [5.41, 5.74) is 2.87. The minimum atomic E-state index is -0.449. The summed E-state index contributed by atoms with van der Waals surface area (Å²) in [6.07, 6.45) is 1.59. The van der Waals surface area contributed by atoms with Crippen molar-refractivity contribution in [2.45, 2.75) is 38.8 Å². The van der Waals surface area contributed by atoms with Gasteiger partial charge in [0, 0.05) is 34.2 Å². The summed E-state index contributed by atoms with van der Waals surface area (Å²) < 4.78 is 1.84. The Morgan fingerprint density at radius 2 is 2.19 bits per heavy atom. The molecule has 27 heavy (non-hydrogen) atoms. The van der Waals surface area contributed by atoms with E-state index in [1.807, 2.05) is 32.0 Å². The van der Waals surface area contributed by atoms with Crippen LogP contribution in [-0.2, 0) is 6.42 Å². The number of halogens is 1. The highest BCUT2D eigenvalue weighted by Crippen LogP contribution is 2.36. The number of fused-ring (bicyclic) bond motifs is 3. The van der Waals surface area contributed by atoms with Crippen LogP contribution in [0.3, 0.4) is 0 Å². The predicted octanol–water partition coefficient (Wildman–Crippen LogP) is 3.95. The molecule has 0 saturated carbocycles. The zero-order valence-electron chi connectivity index (χ0n) is 15.1. The second-order valence-corrected chi connectivity index (χ2v) is 7.79. The van der Waals surface area contributed by atoms with Crippen LogP contribution in [0.15, 0.2) is 23.0 Å². The highest BCUT2D eigenvalue weighted by molar-refractivity contribution is 7.71. The second-order valence-electron chi connectivity index (χ2n) is 6.97. The highest BCUT2D eigenvalue weighted by Gasteiger charge is 2.31. The van der Waals surface area contributed by atoms with E-state index in [0.717, 1.165) is 35.0 Å². The van der Waals surface area contributed by atoms with E-state index < -0.39 is 6.04 Å². The largest absolute Gasteiger partial charge is 0.494 e. The SMILES string of the molecule is CCC(C)n1c(O)c(C2NCCc3c2[nH]c2ccc(Cl)cc32)c(=O)[nH]c1=S. The van der Waals surface area contributed by atoms with Gasteiger partial charge >= 0.3 is 0 Å². The van der Waals surface area contributed by atoms with E-state index in [0.29, 0.717) is 11.6 Å². The molecule has 3 aromatic rings. The molecule has 2 unspecified atom stereocenters. The average Bonchev–Trinajstić information content (AvgIpc) is 3.00. The lowest BCUT2D eigenvalue weighted by atomic mass is 9.95. The molecule has 2 aromatic heterocycles. The minimum Gasteiger partial charge on any atom is -0.494 e. The van der Waals surface area contributed by atoms with Crippen LogP contribution < -0.4 is 10.9 Å². The highest BCUT2D eigenvalue weighted by atomic mass is 35.5. The molecule has 0 saturated heterocycles. The number of hydrogen-bond donors (Lipinski definition) is 4. The Kier molecular flexibility index (Phi) is 4.61. The summed E-state index contributed by atoms with van der Waals surface area (Å²) in [4.78, 5) is 18.9. The third-order valence-electron chi connectivity index (χ3n) is 5.39. The number of aromatic hydroxyl groups is 1. The van der Waals surface area contributed by atoms with E-state index in [-0.39, 0.29) is 27.8 Å². The number of nitrogens with zero attached hydrogens (tertiary/aromatic N) is 1. The lowest BCUT2D eigenvalue weighted by Gasteiger charge is -2.26. The first-order valence-electron chi connectivity index (χ1n) is 9.03. The molecule has 1 aromatic carbocycles. The maximum Gasteiger partial charge on any atom is 0.260 e. The van der Waals surface area contributed by atoms with Crippen molar-refractivity contribution in [1.82, 2.24) is 19.9 Å². The first-order valence-corrected chi connectivity index (χ1v) is 9.82. The summed E-state index contributed by atoms with van der Waals surface area (Å²) in [6.45, 7) is 4.66. The molecular weight excluding hydrogens is 384 g/mol. The average molecular weight is 405 g/mol. The van der Waals surface area contributed by atoms with Crippen LogP contribution >= 0.6 is 23.8 Å². The standard InChI is InChI=1S/C19H21ClN4O2S/c1-3-9(2)24-18(26)14(17(25)23-19(24)27)16-15-11(6-7-21-16)12-8-10(20)4-5-13(12)22-15/h4-5,8-9,16,21-22,26H,3,6-7H2,1-2H3,(H,23,25,27). The van der Waals surface area contributed by atoms with Crippen LogP contribution in [-0.4, -0.2) is 26.2 Å². The van der Waals surface area contributed by atoms with Crippen LogP contribution in [0.4, 0.5) is 0 Å². The van der Waals surface area contributed by atoms with E-state index in [9.17, 15) is 9.90 Å². The quantitative estimate of drug-likeness (QED) is 0.498. The number of nitrogens with one attached hydrogen (secondary N) is 3. The minimum absolute atomic E-state index is 0.0299. The van der Waals surface area contributed by atoms with Crippen molar-refractivity contribution in [2.75, 3.05) is 6.54 Å². The normalized spacial score (nSPS) is 17.8. The number of aromatic amines is 2. The van der Waals surface area contributed by atoms with Crippen molar-refractivity contribution in [1.29, 1.82) is 0 Å². The van der Waals surface area contributed by atoms with Crippen molar-refractivity contribution >= 4 is 34.7 Å². The Morgan fingerprint density at radius 1 is 1.41 bits per heavy atom. The number of benzene rings is 1.